The van der Waals surface area contributed by atoms with Gasteiger partial charge in [-0.2, -0.15) is 5.10 Å². The van der Waals surface area contributed by atoms with Crippen LogP contribution in [-0.4, -0.2) is 38.2 Å². The minimum atomic E-state index is -0.305. The van der Waals surface area contributed by atoms with Gasteiger partial charge in [0.25, 0.3) is 0 Å². The van der Waals surface area contributed by atoms with Crippen molar-refractivity contribution in [2.45, 2.75) is 45.1 Å². The lowest BCUT2D eigenvalue weighted by Crippen LogP contribution is -2.41. The van der Waals surface area contributed by atoms with E-state index in [0.717, 1.165) is 24.2 Å². The van der Waals surface area contributed by atoms with E-state index in [2.05, 4.69) is 5.10 Å². The maximum absolute atomic E-state index is 13.0. The number of rotatable bonds is 4. The van der Waals surface area contributed by atoms with Crippen molar-refractivity contribution < 1.29 is 9.18 Å². The molecule has 1 aliphatic heterocycles. The summed E-state index contributed by atoms with van der Waals surface area (Å²) in [6, 6.07) is 6.05. The molecule has 1 aliphatic rings. The summed E-state index contributed by atoms with van der Waals surface area (Å²) in [5.41, 5.74) is 0.681. The van der Waals surface area contributed by atoms with Gasteiger partial charge in [0.1, 0.15) is 11.6 Å². The molecule has 0 aliphatic carbocycles. The van der Waals surface area contributed by atoms with Crippen LogP contribution >= 0.6 is 0 Å². The number of nitrogens with zero attached hydrogens (tertiary/aromatic N) is 4. The van der Waals surface area contributed by atoms with E-state index in [1.807, 2.05) is 18.7 Å². The number of hydrogen-bond donors (Lipinski definition) is 0. The summed E-state index contributed by atoms with van der Waals surface area (Å²) < 4.78 is 16.1. The van der Waals surface area contributed by atoms with Gasteiger partial charge in [0.15, 0.2) is 0 Å². The van der Waals surface area contributed by atoms with Crippen molar-refractivity contribution in [3.63, 3.8) is 0 Å². The molecule has 1 fully saturated rings. The van der Waals surface area contributed by atoms with Gasteiger partial charge >= 0.3 is 5.69 Å². The number of piperidine rings is 1. The zero-order valence-corrected chi connectivity index (χ0v) is 15.5. The molecule has 2 aromatic rings. The highest BCUT2D eigenvalue weighted by atomic mass is 19.1. The molecule has 1 atom stereocenters. The first-order valence-electron chi connectivity index (χ1n) is 9.04. The van der Waals surface area contributed by atoms with Crippen molar-refractivity contribution >= 4 is 5.91 Å². The molecule has 2 heterocycles. The average molecular weight is 360 g/mol. The predicted molar refractivity (Wildman–Crippen MR) is 96.5 cm³/mol. The largest absolute Gasteiger partial charge is 0.345 e. The molecular weight excluding hydrogens is 335 g/mol. The van der Waals surface area contributed by atoms with Gasteiger partial charge in [0, 0.05) is 32.1 Å². The molecule has 0 N–H and O–H groups in total. The molecule has 1 amide bonds. The lowest BCUT2D eigenvalue weighted by Gasteiger charge is -2.32. The lowest BCUT2D eigenvalue weighted by molar-refractivity contribution is -0.131. The number of amides is 1. The second-order valence-electron chi connectivity index (χ2n) is 7.21. The fourth-order valence-electron chi connectivity index (χ4n) is 3.57. The van der Waals surface area contributed by atoms with Crippen LogP contribution in [-0.2, 0) is 18.3 Å². The summed E-state index contributed by atoms with van der Waals surface area (Å²) in [5, 5.41) is 4.43. The summed E-state index contributed by atoms with van der Waals surface area (Å²) in [7, 11) is 1.66. The van der Waals surface area contributed by atoms with E-state index in [0.29, 0.717) is 13.1 Å². The first-order valence-corrected chi connectivity index (χ1v) is 9.04. The van der Waals surface area contributed by atoms with Crippen molar-refractivity contribution in [2.75, 3.05) is 13.1 Å². The third-order valence-electron chi connectivity index (χ3n) is 4.91. The molecule has 0 radical (unpaired) electrons. The van der Waals surface area contributed by atoms with Gasteiger partial charge < -0.3 is 4.90 Å². The first-order chi connectivity index (χ1) is 12.4. The molecule has 0 bridgehead atoms. The van der Waals surface area contributed by atoms with Crippen LogP contribution in [0.25, 0.3) is 0 Å². The fraction of sp³-hybridized carbons (Fsp3) is 0.526. The number of halogens is 1. The van der Waals surface area contributed by atoms with Crippen LogP contribution in [0.15, 0.2) is 29.1 Å². The van der Waals surface area contributed by atoms with E-state index in [1.54, 1.807) is 23.7 Å². The molecule has 0 saturated carbocycles. The van der Waals surface area contributed by atoms with Crippen LogP contribution in [0, 0.1) is 5.82 Å². The maximum atomic E-state index is 13.0. The van der Waals surface area contributed by atoms with Gasteiger partial charge in [0.2, 0.25) is 5.91 Å². The van der Waals surface area contributed by atoms with Gasteiger partial charge in [-0.15, -0.1) is 0 Å². The smallest absolute Gasteiger partial charge is 0.342 e. The lowest BCUT2D eigenvalue weighted by atomic mass is 9.96. The predicted octanol–water partition coefficient (Wildman–Crippen LogP) is 2.25. The van der Waals surface area contributed by atoms with E-state index >= 15 is 0 Å². The molecule has 1 saturated heterocycles. The molecule has 7 heteroatoms. The Morgan fingerprint density at radius 1 is 1.31 bits per heavy atom. The van der Waals surface area contributed by atoms with E-state index in [1.165, 1.54) is 16.8 Å². The van der Waals surface area contributed by atoms with Gasteiger partial charge in [-0.3, -0.25) is 9.36 Å². The van der Waals surface area contributed by atoms with Crippen molar-refractivity contribution in [3.8, 4) is 0 Å². The topological polar surface area (TPSA) is 60.1 Å². The summed E-state index contributed by atoms with van der Waals surface area (Å²) in [5.74, 6) is 0.528. The number of carbonyl (C=O) groups is 1. The van der Waals surface area contributed by atoms with Crippen molar-refractivity contribution in [1.29, 1.82) is 0 Å². The third-order valence-corrected chi connectivity index (χ3v) is 4.91. The first kappa shape index (κ1) is 18.4. The van der Waals surface area contributed by atoms with Crippen molar-refractivity contribution in [2.24, 2.45) is 7.05 Å². The highest BCUT2D eigenvalue weighted by Gasteiger charge is 2.29. The number of benzene rings is 1. The van der Waals surface area contributed by atoms with Crippen LogP contribution < -0.4 is 5.69 Å². The quantitative estimate of drug-likeness (QED) is 0.840. The van der Waals surface area contributed by atoms with Crippen molar-refractivity contribution in [3.05, 3.63) is 52.0 Å². The van der Waals surface area contributed by atoms with Crippen LogP contribution in [0.3, 0.4) is 0 Å². The van der Waals surface area contributed by atoms with Crippen LogP contribution in [0.4, 0.5) is 4.39 Å². The van der Waals surface area contributed by atoms with Crippen molar-refractivity contribution in [1.82, 2.24) is 19.2 Å². The number of likely N-dealkylation sites (tertiary alicyclic amines) is 1. The summed E-state index contributed by atoms with van der Waals surface area (Å²) >= 11 is 0. The number of aromatic nitrogens is 3. The zero-order valence-electron chi connectivity index (χ0n) is 15.5. The SMILES string of the molecule is CC(C)n1c(C2CCCN(C(=O)Cc3ccc(F)cc3)C2)nn(C)c1=O. The minimum absolute atomic E-state index is 0.0238. The molecule has 140 valence electrons. The van der Waals surface area contributed by atoms with E-state index in [4.69, 9.17) is 0 Å². The normalized spacial score (nSPS) is 17.7. The second-order valence-corrected chi connectivity index (χ2v) is 7.21. The number of aryl methyl sites for hydroxylation is 1. The van der Waals surface area contributed by atoms with Gasteiger partial charge in [-0.05, 0) is 44.4 Å². The monoisotopic (exact) mass is 360 g/mol. The van der Waals surface area contributed by atoms with Gasteiger partial charge in [-0.1, -0.05) is 12.1 Å². The molecular formula is C19H25FN4O2. The molecule has 1 aromatic heterocycles. The molecule has 26 heavy (non-hydrogen) atoms. The molecule has 0 spiro atoms. The Kier molecular flexibility index (Phi) is 5.25. The standard InChI is InChI=1S/C19H25FN4O2/c1-13(2)24-18(21-22(3)19(24)26)15-5-4-10-23(12-15)17(25)11-14-6-8-16(20)9-7-14/h6-9,13,15H,4-5,10-12H2,1-3H3. The second kappa shape index (κ2) is 7.43. The zero-order chi connectivity index (χ0) is 18.8. The Morgan fingerprint density at radius 2 is 2.00 bits per heavy atom. The molecule has 1 aromatic carbocycles. The molecule has 3 rings (SSSR count). The van der Waals surface area contributed by atoms with Crippen LogP contribution in [0.2, 0.25) is 0 Å². The molecule has 6 nitrogen and oxygen atoms in total. The summed E-state index contributed by atoms with van der Waals surface area (Å²) in [6.45, 7) is 5.19. The Hall–Kier alpha value is -2.44. The Labute approximate surface area is 152 Å². The number of carbonyl (C=O) groups excluding carboxylic acids is 1. The summed E-state index contributed by atoms with van der Waals surface area (Å²) in [4.78, 5) is 26.8. The van der Waals surface area contributed by atoms with E-state index < -0.39 is 0 Å². The fourth-order valence-corrected chi connectivity index (χ4v) is 3.57. The minimum Gasteiger partial charge on any atom is -0.342 e. The Balaban J connectivity index is 1.75. The van der Waals surface area contributed by atoms with Crippen LogP contribution in [0.5, 0.6) is 0 Å². The maximum Gasteiger partial charge on any atom is 0.345 e. The average Bonchev–Trinajstić information content (AvgIpc) is 2.92. The third kappa shape index (κ3) is 3.71. The Bertz CT molecular complexity index is 838. The number of hydrogen-bond acceptors (Lipinski definition) is 3. The van der Waals surface area contributed by atoms with E-state index in [9.17, 15) is 14.0 Å². The molecule has 1 unspecified atom stereocenters. The van der Waals surface area contributed by atoms with Gasteiger partial charge in [0.05, 0.1) is 6.42 Å². The van der Waals surface area contributed by atoms with E-state index in [-0.39, 0.29) is 35.8 Å². The Morgan fingerprint density at radius 3 is 2.65 bits per heavy atom. The highest BCUT2D eigenvalue weighted by Crippen LogP contribution is 2.26. The highest BCUT2D eigenvalue weighted by molar-refractivity contribution is 5.79. The summed E-state index contributed by atoms with van der Waals surface area (Å²) in [6.07, 6.45) is 2.04. The van der Waals surface area contributed by atoms with Gasteiger partial charge in [-0.25, -0.2) is 13.9 Å². The van der Waals surface area contributed by atoms with Crippen LogP contribution in [0.1, 0.15) is 50.0 Å².